The van der Waals surface area contributed by atoms with Crippen molar-refractivity contribution in [1.82, 2.24) is 14.7 Å². The molecule has 2 rings (SSSR count). The minimum atomic E-state index is 0.169. The van der Waals surface area contributed by atoms with Crippen molar-refractivity contribution in [3.63, 3.8) is 0 Å². The summed E-state index contributed by atoms with van der Waals surface area (Å²) in [6.45, 7) is 8.50. The Labute approximate surface area is 118 Å². The molecule has 2 aliphatic rings. The molecule has 0 atom stereocenters. The van der Waals surface area contributed by atoms with E-state index in [-0.39, 0.29) is 5.54 Å². The van der Waals surface area contributed by atoms with Crippen molar-refractivity contribution in [2.24, 2.45) is 5.73 Å². The Kier molecular flexibility index (Phi) is 5.63. The first-order valence-corrected chi connectivity index (χ1v) is 7.96. The van der Waals surface area contributed by atoms with Crippen LogP contribution in [-0.4, -0.2) is 80.1 Å². The van der Waals surface area contributed by atoms with Gasteiger partial charge >= 0.3 is 0 Å². The lowest BCUT2D eigenvalue weighted by Crippen LogP contribution is -2.49. The average molecular weight is 268 g/mol. The Bertz CT molecular complexity index is 253. The van der Waals surface area contributed by atoms with Crippen LogP contribution >= 0.6 is 0 Å². The standard InChI is InChI=1S/C15H32N4/c1-17(2)9-10-19-13-11-18(12-14-19)8-7-15(16)5-3-4-6-15/h3-14,16H2,1-2H3. The molecule has 112 valence electrons. The molecule has 0 aromatic heterocycles. The second-order valence-electron chi connectivity index (χ2n) is 6.81. The van der Waals surface area contributed by atoms with Crippen molar-refractivity contribution < 1.29 is 0 Å². The van der Waals surface area contributed by atoms with Crippen LogP contribution in [0.25, 0.3) is 0 Å². The Morgan fingerprint density at radius 1 is 0.947 bits per heavy atom. The largest absolute Gasteiger partial charge is 0.325 e. The lowest BCUT2D eigenvalue weighted by Gasteiger charge is -2.36. The summed E-state index contributed by atoms with van der Waals surface area (Å²) in [4.78, 5) is 7.47. The summed E-state index contributed by atoms with van der Waals surface area (Å²) < 4.78 is 0. The van der Waals surface area contributed by atoms with Crippen molar-refractivity contribution in [3.8, 4) is 0 Å². The van der Waals surface area contributed by atoms with E-state index in [2.05, 4.69) is 28.8 Å². The van der Waals surface area contributed by atoms with Crippen molar-refractivity contribution >= 4 is 0 Å². The van der Waals surface area contributed by atoms with Crippen LogP contribution in [0.15, 0.2) is 0 Å². The SMILES string of the molecule is CN(C)CCN1CCN(CCC2(N)CCCC2)CC1. The molecule has 2 N–H and O–H groups in total. The molecule has 1 aliphatic carbocycles. The van der Waals surface area contributed by atoms with E-state index >= 15 is 0 Å². The van der Waals surface area contributed by atoms with Crippen molar-refractivity contribution in [3.05, 3.63) is 0 Å². The highest BCUT2D eigenvalue weighted by Crippen LogP contribution is 2.30. The Balaban J connectivity index is 1.60. The van der Waals surface area contributed by atoms with E-state index in [9.17, 15) is 0 Å². The quantitative estimate of drug-likeness (QED) is 0.774. The van der Waals surface area contributed by atoms with Gasteiger partial charge in [0.15, 0.2) is 0 Å². The third-order valence-corrected chi connectivity index (χ3v) is 4.85. The van der Waals surface area contributed by atoms with Crippen LogP contribution in [0.5, 0.6) is 0 Å². The van der Waals surface area contributed by atoms with Gasteiger partial charge in [-0.1, -0.05) is 12.8 Å². The molecule has 2 fully saturated rings. The third-order valence-electron chi connectivity index (χ3n) is 4.85. The second kappa shape index (κ2) is 7.02. The topological polar surface area (TPSA) is 35.7 Å². The number of piperazine rings is 1. The van der Waals surface area contributed by atoms with E-state index in [0.29, 0.717) is 0 Å². The van der Waals surface area contributed by atoms with Crippen molar-refractivity contribution in [1.29, 1.82) is 0 Å². The maximum Gasteiger partial charge on any atom is 0.0166 e. The highest BCUT2D eigenvalue weighted by atomic mass is 15.3. The number of rotatable bonds is 6. The molecule has 4 heteroatoms. The predicted octanol–water partition coefficient (Wildman–Crippen LogP) is 0.827. The second-order valence-corrected chi connectivity index (χ2v) is 6.81. The minimum absolute atomic E-state index is 0.169. The molecule has 0 aromatic rings. The van der Waals surface area contributed by atoms with Crippen molar-refractivity contribution in [2.45, 2.75) is 37.6 Å². The summed E-state index contributed by atoms with van der Waals surface area (Å²) >= 11 is 0. The van der Waals surface area contributed by atoms with Crippen LogP contribution in [0.4, 0.5) is 0 Å². The Morgan fingerprint density at radius 2 is 1.47 bits per heavy atom. The number of nitrogens with zero attached hydrogens (tertiary/aromatic N) is 3. The van der Waals surface area contributed by atoms with Crippen molar-refractivity contribution in [2.75, 3.05) is 59.9 Å². The van der Waals surface area contributed by atoms with E-state index in [1.165, 1.54) is 77.9 Å². The average Bonchev–Trinajstić information content (AvgIpc) is 2.83. The molecule has 0 radical (unpaired) electrons. The van der Waals surface area contributed by atoms with Gasteiger partial charge in [0.1, 0.15) is 0 Å². The molecule has 4 nitrogen and oxygen atoms in total. The van der Waals surface area contributed by atoms with Crippen LogP contribution in [0.3, 0.4) is 0 Å². The van der Waals surface area contributed by atoms with E-state index in [1.54, 1.807) is 0 Å². The molecule has 1 saturated heterocycles. The van der Waals surface area contributed by atoms with Gasteiger partial charge in [0.25, 0.3) is 0 Å². The smallest absolute Gasteiger partial charge is 0.0166 e. The first-order chi connectivity index (χ1) is 9.07. The summed E-state index contributed by atoms with van der Waals surface area (Å²) in [6, 6.07) is 0. The van der Waals surface area contributed by atoms with Gasteiger partial charge in [-0.05, 0) is 39.9 Å². The molecule has 0 amide bonds. The summed E-state index contributed by atoms with van der Waals surface area (Å²) in [5, 5.41) is 0. The number of nitrogens with two attached hydrogens (primary N) is 1. The number of hydrogen-bond donors (Lipinski definition) is 1. The Hall–Kier alpha value is -0.160. The zero-order valence-corrected chi connectivity index (χ0v) is 12.9. The van der Waals surface area contributed by atoms with E-state index in [1.807, 2.05) is 0 Å². The molecular weight excluding hydrogens is 236 g/mol. The Morgan fingerprint density at radius 3 is 2.00 bits per heavy atom. The predicted molar refractivity (Wildman–Crippen MR) is 81.4 cm³/mol. The molecule has 0 bridgehead atoms. The fourth-order valence-electron chi connectivity index (χ4n) is 3.29. The zero-order chi connectivity index (χ0) is 13.7. The molecule has 1 heterocycles. The molecule has 1 aliphatic heterocycles. The van der Waals surface area contributed by atoms with Crippen LogP contribution in [0, 0.1) is 0 Å². The van der Waals surface area contributed by atoms with Gasteiger partial charge in [-0.15, -0.1) is 0 Å². The van der Waals surface area contributed by atoms with Gasteiger partial charge in [0.2, 0.25) is 0 Å². The van der Waals surface area contributed by atoms with Gasteiger partial charge in [0.05, 0.1) is 0 Å². The monoisotopic (exact) mass is 268 g/mol. The highest BCUT2D eigenvalue weighted by Gasteiger charge is 2.29. The number of likely N-dealkylation sites (N-methyl/N-ethyl adjacent to an activating group) is 1. The normalized spacial score (nSPS) is 25.3. The summed E-state index contributed by atoms with van der Waals surface area (Å²) in [6.07, 6.45) is 6.37. The highest BCUT2D eigenvalue weighted by molar-refractivity contribution is 4.90. The molecule has 19 heavy (non-hydrogen) atoms. The fourth-order valence-corrected chi connectivity index (χ4v) is 3.29. The maximum absolute atomic E-state index is 6.44. The van der Waals surface area contributed by atoms with Gasteiger partial charge < -0.3 is 15.5 Å². The van der Waals surface area contributed by atoms with Gasteiger partial charge in [-0.2, -0.15) is 0 Å². The van der Waals surface area contributed by atoms with E-state index < -0.39 is 0 Å². The first kappa shape index (κ1) is 15.2. The third kappa shape index (κ3) is 5.03. The van der Waals surface area contributed by atoms with Crippen LogP contribution < -0.4 is 5.73 Å². The molecule has 0 unspecified atom stereocenters. The number of hydrogen-bond acceptors (Lipinski definition) is 4. The minimum Gasteiger partial charge on any atom is -0.325 e. The van der Waals surface area contributed by atoms with Gasteiger partial charge in [-0.3, -0.25) is 4.90 Å². The summed E-state index contributed by atoms with van der Waals surface area (Å²) in [5.41, 5.74) is 6.61. The van der Waals surface area contributed by atoms with Crippen LogP contribution in [-0.2, 0) is 0 Å². The van der Waals surface area contributed by atoms with Crippen LogP contribution in [0.2, 0.25) is 0 Å². The fraction of sp³-hybridized carbons (Fsp3) is 1.00. The lowest BCUT2D eigenvalue weighted by molar-refractivity contribution is 0.118. The lowest BCUT2D eigenvalue weighted by atomic mass is 9.94. The molecule has 1 saturated carbocycles. The summed E-state index contributed by atoms with van der Waals surface area (Å²) in [7, 11) is 4.30. The van der Waals surface area contributed by atoms with Gasteiger partial charge in [-0.25, -0.2) is 0 Å². The molecule has 0 spiro atoms. The summed E-state index contributed by atoms with van der Waals surface area (Å²) in [5.74, 6) is 0. The first-order valence-electron chi connectivity index (χ1n) is 7.96. The molecule has 0 aromatic carbocycles. The zero-order valence-electron chi connectivity index (χ0n) is 12.9. The van der Waals surface area contributed by atoms with Crippen LogP contribution in [0.1, 0.15) is 32.1 Å². The van der Waals surface area contributed by atoms with Gasteiger partial charge in [0, 0.05) is 44.8 Å². The maximum atomic E-state index is 6.44. The van der Waals surface area contributed by atoms with E-state index in [4.69, 9.17) is 5.73 Å². The molecular formula is C15H32N4. The van der Waals surface area contributed by atoms with E-state index in [0.717, 1.165) is 0 Å².